The van der Waals surface area contributed by atoms with Crippen molar-refractivity contribution in [3.63, 3.8) is 0 Å². The molecule has 0 spiro atoms. The number of nitrogens with zero attached hydrogens (tertiary/aromatic N) is 3. The first-order valence-corrected chi connectivity index (χ1v) is 6.97. The lowest BCUT2D eigenvalue weighted by Crippen LogP contribution is -2.26. The number of hydrogen-bond acceptors (Lipinski definition) is 6. The average Bonchev–Trinajstić information content (AvgIpc) is 2.47. The summed E-state index contributed by atoms with van der Waals surface area (Å²) in [5.41, 5.74) is 2.94. The summed E-state index contributed by atoms with van der Waals surface area (Å²) in [6.45, 7) is 1.99. The fourth-order valence-corrected chi connectivity index (χ4v) is 2.31. The normalized spacial score (nSPS) is 10.4. The molecule has 0 bridgehead atoms. The van der Waals surface area contributed by atoms with Crippen molar-refractivity contribution in [3.8, 4) is 0 Å². The van der Waals surface area contributed by atoms with Crippen LogP contribution < -0.4 is 16.8 Å². The van der Waals surface area contributed by atoms with Crippen LogP contribution in [0.3, 0.4) is 0 Å². The molecule has 0 saturated carbocycles. The molecule has 0 radical (unpaired) electrons. The number of nitrogens with two attached hydrogens (primary N) is 1. The molecular formula is C12H12IN5O3. The largest absolute Gasteiger partial charge is 0.318 e. The van der Waals surface area contributed by atoms with Gasteiger partial charge in [0.1, 0.15) is 11.5 Å². The van der Waals surface area contributed by atoms with E-state index in [9.17, 15) is 14.9 Å². The average molecular weight is 401 g/mol. The van der Waals surface area contributed by atoms with E-state index in [1.165, 1.54) is 16.8 Å². The highest BCUT2D eigenvalue weighted by molar-refractivity contribution is 14.1. The van der Waals surface area contributed by atoms with Gasteiger partial charge in [0.2, 0.25) is 0 Å². The number of nitro benzene ring substituents is 1. The van der Waals surface area contributed by atoms with E-state index in [1.807, 2.05) is 22.6 Å². The highest BCUT2D eigenvalue weighted by Gasteiger charge is 2.14. The van der Waals surface area contributed by atoms with Gasteiger partial charge in [-0.2, -0.15) is 0 Å². The van der Waals surface area contributed by atoms with Gasteiger partial charge < -0.3 is 5.43 Å². The third kappa shape index (κ3) is 3.19. The van der Waals surface area contributed by atoms with E-state index in [0.717, 1.165) is 0 Å². The van der Waals surface area contributed by atoms with Crippen molar-refractivity contribution in [2.45, 2.75) is 13.5 Å². The molecule has 0 aliphatic rings. The van der Waals surface area contributed by atoms with Crippen LogP contribution in [0.1, 0.15) is 11.4 Å². The first-order valence-electron chi connectivity index (χ1n) is 5.90. The van der Waals surface area contributed by atoms with Crippen LogP contribution in [0.25, 0.3) is 0 Å². The Bertz CT molecular complexity index is 759. The Morgan fingerprint density at radius 1 is 1.52 bits per heavy atom. The molecule has 1 heterocycles. The first kappa shape index (κ1) is 15.4. The van der Waals surface area contributed by atoms with Crippen molar-refractivity contribution in [2.75, 3.05) is 5.43 Å². The number of hydrogen-bond donors (Lipinski definition) is 2. The fraction of sp³-hybridized carbons (Fsp3) is 0.167. The molecule has 0 fully saturated rings. The second-order valence-electron chi connectivity index (χ2n) is 4.30. The van der Waals surface area contributed by atoms with E-state index < -0.39 is 4.92 Å². The lowest BCUT2D eigenvalue weighted by Gasteiger charge is -2.10. The molecular weight excluding hydrogens is 389 g/mol. The van der Waals surface area contributed by atoms with E-state index in [-0.39, 0.29) is 23.5 Å². The number of aromatic nitrogens is 2. The zero-order valence-corrected chi connectivity index (χ0v) is 13.2. The molecule has 21 heavy (non-hydrogen) atoms. The maximum Gasteiger partial charge on any atom is 0.293 e. The van der Waals surface area contributed by atoms with Gasteiger partial charge >= 0.3 is 0 Å². The molecule has 0 amide bonds. The molecule has 0 aliphatic heterocycles. The molecule has 3 N–H and O–H groups in total. The van der Waals surface area contributed by atoms with E-state index >= 15 is 0 Å². The van der Waals surface area contributed by atoms with Gasteiger partial charge in [-0.3, -0.25) is 25.3 Å². The third-order valence-electron chi connectivity index (χ3n) is 2.96. The van der Waals surface area contributed by atoms with E-state index in [4.69, 9.17) is 5.84 Å². The van der Waals surface area contributed by atoms with Gasteiger partial charge in [0.25, 0.3) is 11.2 Å². The molecule has 1 aromatic carbocycles. The van der Waals surface area contributed by atoms with Crippen LogP contribution in [0.4, 0.5) is 11.4 Å². The summed E-state index contributed by atoms with van der Waals surface area (Å²) >= 11 is 1.92. The Hall–Kier alpha value is -2.01. The number of benzene rings is 1. The number of nitro groups is 1. The summed E-state index contributed by atoms with van der Waals surface area (Å²) in [6.07, 6.45) is 1.51. The van der Waals surface area contributed by atoms with Crippen LogP contribution >= 0.6 is 22.6 Å². The van der Waals surface area contributed by atoms with Gasteiger partial charge in [-0.05, 0) is 41.1 Å². The molecule has 0 unspecified atom stereocenters. The smallest absolute Gasteiger partial charge is 0.293 e. The van der Waals surface area contributed by atoms with Crippen molar-refractivity contribution in [1.29, 1.82) is 0 Å². The summed E-state index contributed by atoms with van der Waals surface area (Å²) in [7, 11) is 0. The Labute approximate surface area is 133 Å². The molecule has 1 aromatic heterocycles. The van der Waals surface area contributed by atoms with Gasteiger partial charge in [0.05, 0.1) is 15.0 Å². The van der Waals surface area contributed by atoms with Gasteiger partial charge in [-0.15, -0.1) is 0 Å². The zero-order chi connectivity index (χ0) is 15.6. The minimum Gasteiger partial charge on any atom is -0.318 e. The number of nitrogen functional groups attached to an aromatic ring is 1. The molecule has 2 rings (SSSR count). The van der Waals surface area contributed by atoms with Gasteiger partial charge in [0.15, 0.2) is 0 Å². The Balaban J connectivity index is 2.44. The summed E-state index contributed by atoms with van der Waals surface area (Å²) in [5, 5.41) is 10.8. The highest BCUT2D eigenvalue weighted by Crippen LogP contribution is 2.24. The lowest BCUT2D eigenvalue weighted by atomic mass is 10.1. The molecule has 110 valence electrons. The van der Waals surface area contributed by atoms with Gasteiger partial charge in [-0.1, -0.05) is 6.07 Å². The molecule has 9 heteroatoms. The standard InChI is InChI=1S/C12H12IN5O3/c1-7-15-5-9(13)12(19)17(7)6-8-2-3-11(18(20)21)10(4-8)16-14/h2-5,16H,6,14H2,1H3. The fourth-order valence-electron chi connectivity index (χ4n) is 1.88. The maximum atomic E-state index is 12.1. The van der Waals surface area contributed by atoms with E-state index in [2.05, 4.69) is 10.4 Å². The number of anilines is 1. The number of halogens is 1. The maximum absolute atomic E-state index is 12.1. The minimum atomic E-state index is -0.524. The summed E-state index contributed by atoms with van der Waals surface area (Å²) in [6, 6.07) is 4.49. The summed E-state index contributed by atoms with van der Waals surface area (Å²) < 4.78 is 2.01. The molecule has 2 aromatic rings. The first-order chi connectivity index (χ1) is 9.93. The van der Waals surface area contributed by atoms with Crippen LogP contribution in [0, 0.1) is 20.6 Å². The van der Waals surface area contributed by atoms with Gasteiger partial charge in [-0.25, -0.2) is 4.98 Å². The van der Waals surface area contributed by atoms with E-state index in [1.54, 1.807) is 19.1 Å². The second-order valence-corrected chi connectivity index (χ2v) is 5.46. The van der Waals surface area contributed by atoms with Crippen molar-refractivity contribution in [3.05, 3.63) is 59.8 Å². The SMILES string of the molecule is Cc1ncc(I)c(=O)n1Cc1ccc([N+](=O)[O-])c(NN)c1. The minimum absolute atomic E-state index is 0.119. The van der Waals surface area contributed by atoms with E-state index in [0.29, 0.717) is 15.0 Å². The quantitative estimate of drug-likeness (QED) is 0.346. The van der Waals surface area contributed by atoms with Gasteiger partial charge in [0, 0.05) is 12.3 Å². The van der Waals surface area contributed by atoms with Crippen LogP contribution in [-0.4, -0.2) is 14.5 Å². The van der Waals surface area contributed by atoms with Crippen LogP contribution in [-0.2, 0) is 6.54 Å². The van der Waals surface area contributed by atoms with Crippen molar-refractivity contribution >= 4 is 34.0 Å². The van der Waals surface area contributed by atoms with Crippen molar-refractivity contribution in [1.82, 2.24) is 9.55 Å². The second kappa shape index (κ2) is 6.18. The lowest BCUT2D eigenvalue weighted by molar-refractivity contribution is -0.384. The highest BCUT2D eigenvalue weighted by atomic mass is 127. The summed E-state index contributed by atoms with van der Waals surface area (Å²) in [4.78, 5) is 26.5. The Kier molecular flexibility index (Phi) is 4.53. The number of rotatable bonds is 4. The van der Waals surface area contributed by atoms with Crippen LogP contribution in [0.5, 0.6) is 0 Å². The summed E-state index contributed by atoms with van der Waals surface area (Å²) in [5.74, 6) is 5.87. The predicted molar refractivity (Wildman–Crippen MR) is 86.0 cm³/mol. The van der Waals surface area contributed by atoms with Crippen molar-refractivity contribution < 1.29 is 4.92 Å². The third-order valence-corrected chi connectivity index (χ3v) is 3.70. The monoisotopic (exact) mass is 401 g/mol. The topological polar surface area (TPSA) is 116 Å². The number of hydrazine groups is 1. The Morgan fingerprint density at radius 2 is 2.24 bits per heavy atom. The van der Waals surface area contributed by atoms with Crippen LogP contribution in [0.15, 0.2) is 29.2 Å². The van der Waals surface area contributed by atoms with Crippen LogP contribution in [0.2, 0.25) is 0 Å². The predicted octanol–water partition coefficient (Wildman–Crippen LogP) is 1.40. The number of nitrogens with one attached hydrogen (secondary N) is 1. The van der Waals surface area contributed by atoms with Crippen molar-refractivity contribution in [2.24, 2.45) is 5.84 Å². The molecule has 8 nitrogen and oxygen atoms in total. The molecule has 0 atom stereocenters. The molecule has 0 aliphatic carbocycles. The molecule has 0 saturated heterocycles. The zero-order valence-electron chi connectivity index (χ0n) is 11.0. The Morgan fingerprint density at radius 3 is 2.86 bits per heavy atom. The number of aryl methyl sites for hydroxylation is 1.